The molecule has 1 aliphatic heterocycles. The summed E-state index contributed by atoms with van der Waals surface area (Å²) in [4.78, 5) is 13.4. The second-order valence-electron chi connectivity index (χ2n) is 5.32. The van der Waals surface area contributed by atoms with Crippen LogP contribution in [0.3, 0.4) is 0 Å². The van der Waals surface area contributed by atoms with Crippen LogP contribution < -0.4 is 4.90 Å². The summed E-state index contributed by atoms with van der Waals surface area (Å²) < 4.78 is 23.0. The van der Waals surface area contributed by atoms with Gasteiger partial charge in [-0.15, -0.1) is 0 Å². The van der Waals surface area contributed by atoms with Crippen molar-refractivity contribution in [2.75, 3.05) is 24.2 Å². The van der Waals surface area contributed by atoms with E-state index in [1.807, 2.05) is 13.0 Å². The van der Waals surface area contributed by atoms with Crippen LogP contribution >= 0.6 is 0 Å². The third kappa shape index (κ3) is 3.12. The smallest absolute Gasteiger partial charge is 0.306 e. The molecule has 1 aromatic carbocycles. The van der Waals surface area contributed by atoms with Crippen molar-refractivity contribution in [3.63, 3.8) is 0 Å². The molecule has 1 aliphatic rings. The fourth-order valence-corrected chi connectivity index (χ4v) is 3.29. The normalized spacial score (nSPS) is 17.2. The third-order valence-electron chi connectivity index (χ3n) is 3.78. The molecule has 1 N–H and O–H groups in total. The number of carboxylic acid groups (broad SMARTS) is 1. The van der Waals surface area contributed by atoms with E-state index in [0.717, 1.165) is 11.3 Å². The number of carboxylic acids is 1. The second-order valence-corrected chi connectivity index (χ2v) is 7.34. The Morgan fingerprint density at radius 2 is 1.90 bits per heavy atom. The average Bonchev–Trinajstić information content (AvgIpc) is 2.37. The van der Waals surface area contributed by atoms with Crippen molar-refractivity contribution < 1.29 is 18.3 Å². The summed E-state index contributed by atoms with van der Waals surface area (Å²) in [5, 5.41) is 8.99. The molecule has 0 aromatic heterocycles. The van der Waals surface area contributed by atoms with E-state index in [0.29, 0.717) is 30.8 Å². The highest BCUT2D eigenvalue weighted by molar-refractivity contribution is 7.90. The molecule has 20 heavy (non-hydrogen) atoms. The molecule has 2 rings (SSSR count). The van der Waals surface area contributed by atoms with Crippen molar-refractivity contribution >= 4 is 21.5 Å². The SMILES string of the molecule is Cc1cc(S(C)(=O)=O)ccc1N1CCC(C(=O)O)CC1. The van der Waals surface area contributed by atoms with Crippen LogP contribution in [-0.2, 0) is 14.6 Å². The van der Waals surface area contributed by atoms with Crippen molar-refractivity contribution in [2.45, 2.75) is 24.7 Å². The Morgan fingerprint density at radius 3 is 2.35 bits per heavy atom. The maximum Gasteiger partial charge on any atom is 0.306 e. The Morgan fingerprint density at radius 1 is 1.30 bits per heavy atom. The number of anilines is 1. The molecule has 6 heteroatoms. The molecule has 1 fully saturated rings. The highest BCUT2D eigenvalue weighted by atomic mass is 32.2. The minimum absolute atomic E-state index is 0.262. The Bertz CT molecular complexity index is 616. The number of aliphatic carboxylic acids is 1. The van der Waals surface area contributed by atoms with E-state index in [1.54, 1.807) is 12.1 Å². The van der Waals surface area contributed by atoms with Crippen LogP contribution in [0, 0.1) is 12.8 Å². The molecular weight excluding hydrogens is 278 g/mol. The molecule has 1 aromatic rings. The maximum atomic E-state index is 11.5. The largest absolute Gasteiger partial charge is 0.481 e. The van der Waals surface area contributed by atoms with E-state index in [9.17, 15) is 13.2 Å². The topological polar surface area (TPSA) is 74.7 Å². The summed E-state index contributed by atoms with van der Waals surface area (Å²) in [6.07, 6.45) is 2.45. The molecular formula is C14H19NO4S. The molecule has 0 spiro atoms. The second kappa shape index (κ2) is 5.44. The molecule has 0 aliphatic carbocycles. The minimum atomic E-state index is -3.19. The lowest BCUT2D eigenvalue weighted by Gasteiger charge is -2.33. The maximum absolute atomic E-state index is 11.5. The Balaban J connectivity index is 2.17. The first-order valence-corrected chi connectivity index (χ1v) is 8.46. The van der Waals surface area contributed by atoms with Gasteiger partial charge in [0.25, 0.3) is 0 Å². The van der Waals surface area contributed by atoms with E-state index in [4.69, 9.17) is 5.11 Å². The van der Waals surface area contributed by atoms with Gasteiger partial charge in [0.2, 0.25) is 0 Å². The van der Waals surface area contributed by atoms with E-state index >= 15 is 0 Å². The molecule has 0 amide bonds. The van der Waals surface area contributed by atoms with Crippen molar-refractivity contribution in [3.05, 3.63) is 23.8 Å². The highest BCUT2D eigenvalue weighted by Gasteiger charge is 2.25. The molecule has 5 nitrogen and oxygen atoms in total. The van der Waals surface area contributed by atoms with Gasteiger partial charge in [0.15, 0.2) is 9.84 Å². The average molecular weight is 297 g/mol. The summed E-state index contributed by atoms with van der Waals surface area (Å²) in [5.74, 6) is -0.990. The number of aryl methyl sites for hydroxylation is 1. The molecule has 110 valence electrons. The van der Waals surface area contributed by atoms with Gasteiger partial charge in [-0.3, -0.25) is 4.79 Å². The lowest BCUT2D eigenvalue weighted by Crippen LogP contribution is -2.36. The summed E-state index contributed by atoms with van der Waals surface area (Å²) in [7, 11) is -3.19. The van der Waals surface area contributed by atoms with Crippen molar-refractivity contribution in [3.8, 4) is 0 Å². The lowest BCUT2D eigenvalue weighted by atomic mass is 9.96. The van der Waals surface area contributed by atoms with Crippen LogP contribution in [0.15, 0.2) is 23.1 Å². The molecule has 1 saturated heterocycles. The monoisotopic (exact) mass is 297 g/mol. The third-order valence-corrected chi connectivity index (χ3v) is 4.89. The predicted octanol–water partition coefficient (Wildman–Crippen LogP) is 1.70. The summed E-state index contributed by atoms with van der Waals surface area (Å²) >= 11 is 0. The van der Waals surface area contributed by atoms with Crippen LogP contribution in [-0.4, -0.2) is 38.8 Å². The zero-order valence-electron chi connectivity index (χ0n) is 11.7. The number of benzene rings is 1. The van der Waals surface area contributed by atoms with Crippen molar-refractivity contribution in [1.82, 2.24) is 0 Å². The number of hydrogen-bond acceptors (Lipinski definition) is 4. The van der Waals surface area contributed by atoms with Crippen LogP contribution in [0.5, 0.6) is 0 Å². The zero-order valence-corrected chi connectivity index (χ0v) is 12.5. The van der Waals surface area contributed by atoms with E-state index in [1.165, 1.54) is 6.26 Å². The van der Waals surface area contributed by atoms with Gasteiger partial charge in [0, 0.05) is 25.0 Å². The Labute approximate surface area is 119 Å². The number of carbonyl (C=O) groups is 1. The number of piperidine rings is 1. The fraction of sp³-hybridized carbons (Fsp3) is 0.500. The van der Waals surface area contributed by atoms with Gasteiger partial charge in [-0.1, -0.05) is 0 Å². The number of hydrogen-bond donors (Lipinski definition) is 1. The van der Waals surface area contributed by atoms with Gasteiger partial charge in [-0.25, -0.2) is 8.42 Å². The molecule has 0 unspecified atom stereocenters. The van der Waals surface area contributed by atoms with Crippen LogP contribution in [0.1, 0.15) is 18.4 Å². The molecule has 0 atom stereocenters. The van der Waals surface area contributed by atoms with Gasteiger partial charge in [0.1, 0.15) is 0 Å². The van der Waals surface area contributed by atoms with Crippen LogP contribution in [0.4, 0.5) is 5.69 Å². The Hall–Kier alpha value is -1.56. The number of rotatable bonds is 3. The van der Waals surface area contributed by atoms with Crippen molar-refractivity contribution in [2.24, 2.45) is 5.92 Å². The first-order chi connectivity index (χ1) is 9.29. The standard InChI is InChI=1S/C14H19NO4S/c1-10-9-12(20(2,18)19)3-4-13(10)15-7-5-11(6-8-15)14(16)17/h3-4,9,11H,5-8H2,1-2H3,(H,16,17). The van der Waals surface area contributed by atoms with Crippen molar-refractivity contribution in [1.29, 1.82) is 0 Å². The first-order valence-electron chi connectivity index (χ1n) is 6.57. The van der Waals surface area contributed by atoms with E-state index in [-0.39, 0.29) is 5.92 Å². The lowest BCUT2D eigenvalue weighted by molar-refractivity contribution is -0.142. The highest BCUT2D eigenvalue weighted by Crippen LogP contribution is 2.28. The number of nitrogens with zero attached hydrogens (tertiary/aromatic N) is 1. The summed E-state index contributed by atoms with van der Waals surface area (Å²) in [5.41, 5.74) is 1.89. The summed E-state index contributed by atoms with van der Waals surface area (Å²) in [6, 6.07) is 5.10. The predicted molar refractivity (Wildman–Crippen MR) is 76.9 cm³/mol. The zero-order chi connectivity index (χ0) is 14.9. The molecule has 1 heterocycles. The Kier molecular flexibility index (Phi) is 4.04. The van der Waals surface area contributed by atoms with E-state index < -0.39 is 15.8 Å². The molecule has 0 saturated carbocycles. The van der Waals surface area contributed by atoms with Gasteiger partial charge in [-0.2, -0.15) is 0 Å². The molecule has 0 radical (unpaired) electrons. The van der Waals surface area contributed by atoms with Gasteiger partial charge in [-0.05, 0) is 43.5 Å². The fourth-order valence-electron chi connectivity index (χ4n) is 2.58. The van der Waals surface area contributed by atoms with Crippen LogP contribution in [0.2, 0.25) is 0 Å². The van der Waals surface area contributed by atoms with Gasteiger partial charge >= 0.3 is 5.97 Å². The minimum Gasteiger partial charge on any atom is -0.481 e. The quantitative estimate of drug-likeness (QED) is 0.919. The summed E-state index contributed by atoms with van der Waals surface area (Å²) in [6.45, 7) is 3.26. The van der Waals surface area contributed by atoms with E-state index in [2.05, 4.69) is 4.90 Å². The first kappa shape index (κ1) is 14.8. The van der Waals surface area contributed by atoms with Crippen LogP contribution in [0.25, 0.3) is 0 Å². The molecule has 0 bridgehead atoms. The van der Waals surface area contributed by atoms with Gasteiger partial charge < -0.3 is 10.0 Å². The van der Waals surface area contributed by atoms with Gasteiger partial charge in [0.05, 0.1) is 10.8 Å². The number of sulfone groups is 1.